The normalized spacial score (nSPS) is 11.2. The summed E-state index contributed by atoms with van der Waals surface area (Å²) in [5.74, 6) is 1.93. The summed E-state index contributed by atoms with van der Waals surface area (Å²) in [6, 6.07) is 2.04. The lowest BCUT2D eigenvalue weighted by Gasteiger charge is -2.07. The van der Waals surface area contributed by atoms with Crippen LogP contribution in [-0.2, 0) is 6.42 Å². The molecule has 0 amide bonds. The number of imidazole rings is 1. The largest absolute Gasteiger partial charge is 0.286 e. The molecule has 0 atom stereocenters. The molecule has 3 aromatic heterocycles. The van der Waals surface area contributed by atoms with E-state index in [4.69, 9.17) is 0 Å². The maximum atomic E-state index is 4.47. The van der Waals surface area contributed by atoms with Crippen molar-refractivity contribution in [3.63, 3.8) is 0 Å². The number of nitrogens with zero attached hydrogens (tertiary/aromatic N) is 5. The highest BCUT2D eigenvalue weighted by Crippen LogP contribution is 2.16. The molecule has 0 aromatic carbocycles. The summed E-state index contributed by atoms with van der Waals surface area (Å²) in [7, 11) is 0. The molecule has 0 spiro atoms. The van der Waals surface area contributed by atoms with Crippen molar-refractivity contribution in [1.29, 1.82) is 0 Å². The third-order valence-electron chi connectivity index (χ3n) is 2.91. The molecule has 0 fully saturated rings. The number of aromatic nitrogens is 5. The number of rotatable bonds is 3. The number of aryl methyl sites for hydroxylation is 2. The van der Waals surface area contributed by atoms with E-state index >= 15 is 0 Å². The zero-order valence-corrected chi connectivity index (χ0v) is 10.5. The van der Waals surface area contributed by atoms with E-state index in [0.717, 1.165) is 35.7 Å². The predicted octanol–water partition coefficient (Wildman–Crippen LogP) is 2.18. The lowest BCUT2D eigenvalue weighted by molar-refractivity contribution is 0.794. The van der Waals surface area contributed by atoms with E-state index in [1.807, 2.05) is 40.7 Å². The van der Waals surface area contributed by atoms with Crippen LogP contribution in [-0.4, -0.2) is 24.1 Å². The maximum absolute atomic E-state index is 4.47. The van der Waals surface area contributed by atoms with Gasteiger partial charge in [0, 0.05) is 31.2 Å². The van der Waals surface area contributed by atoms with Gasteiger partial charge in [0.15, 0.2) is 5.82 Å². The SMILES string of the molecule is CCCc1nccn1-c1nccn2nc(C)cc12. The number of hydrogen-bond donors (Lipinski definition) is 0. The van der Waals surface area contributed by atoms with Crippen molar-refractivity contribution in [1.82, 2.24) is 24.1 Å². The Balaban J connectivity index is 2.21. The van der Waals surface area contributed by atoms with E-state index in [0.29, 0.717) is 0 Å². The first-order valence-corrected chi connectivity index (χ1v) is 6.13. The van der Waals surface area contributed by atoms with Gasteiger partial charge in [0.1, 0.15) is 11.3 Å². The molecule has 0 aliphatic rings. The van der Waals surface area contributed by atoms with Crippen LogP contribution in [0.5, 0.6) is 0 Å². The quantitative estimate of drug-likeness (QED) is 0.706. The lowest BCUT2D eigenvalue weighted by Crippen LogP contribution is -2.04. The van der Waals surface area contributed by atoms with E-state index in [9.17, 15) is 0 Å². The predicted molar refractivity (Wildman–Crippen MR) is 68.8 cm³/mol. The summed E-state index contributed by atoms with van der Waals surface area (Å²) in [4.78, 5) is 8.86. The Hall–Kier alpha value is -2.17. The van der Waals surface area contributed by atoms with Crippen LogP contribution in [0.2, 0.25) is 0 Å². The van der Waals surface area contributed by atoms with Crippen LogP contribution in [0, 0.1) is 6.92 Å². The van der Waals surface area contributed by atoms with Crippen molar-refractivity contribution in [3.8, 4) is 5.82 Å². The Bertz CT molecular complexity index is 680. The van der Waals surface area contributed by atoms with Gasteiger partial charge in [-0.2, -0.15) is 5.10 Å². The Morgan fingerprint density at radius 1 is 1.17 bits per heavy atom. The average molecular weight is 241 g/mol. The van der Waals surface area contributed by atoms with Crippen molar-refractivity contribution in [2.75, 3.05) is 0 Å². The molecule has 0 aliphatic heterocycles. The van der Waals surface area contributed by atoms with Crippen molar-refractivity contribution < 1.29 is 0 Å². The van der Waals surface area contributed by atoms with E-state index in [1.54, 1.807) is 6.20 Å². The highest BCUT2D eigenvalue weighted by molar-refractivity contribution is 5.61. The summed E-state index contributed by atoms with van der Waals surface area (Å²) in [6.45, 7) is 4.13. The fourth-order valence-corrected chi connectivity index (χ4v) is 2.15. The maximum Gasteiger partial charge on any atom is 0.164 e. The van der Waals surface area contributed by atoms with Gasteiger partial charge in [-0.05, 0) is 19.4 Å². The molecule has 0 N–H and O–H groups in total. The Labute approximate surface area is 105 Å². The van der Waals surface area contributed by atoms with Gasteiger partial charge < -0.3 is 0 Å². The molecule has 5 nitrogen and oxygen atoms in total. The van der Waals surface area contributed by atoms with Crippen molar-refractivity contribution in [2.45, 2.75) is 26.7 Å². The summed E-state index contributed by atoms with van der Waals surface area (Å²) < 4.78 is 3.90. The fraction of sp³-hybridized carbons (Fsp3) is 0.308. The summed E-state index contributed by atoms with van der Waals surface area (Å²) in [5, 5.41) is 4.40. The van der Waals surface area contributed by atoms with Crippen molar-refractivity contribution >= 4 is 5.52 Å². The molecule has 18 heavy (non-hydrogen) atoms. The van der Waals surface area contributed by atoms with Gasteiger partial charge in [0.2, 0.25) is 0 Å². The zero-order valence-electron chi connectivity index (χ0n) is 10.5. The molecule has 0 radical (unpaired) electrons. The second-order valence-corrected chi connectivity index (χ2v) is 4.33. The lowest BCUT2D eigenvalue weighted by atomic mass is 10.3. The van der Waals surface area contributed by atoms with Crippen LogP contribution < -0.4 is 0 Å². The minimum atomic E-state index is 0.888. The van der Waals surface area contributed by atoms with Crippen LogP contribution in [0.1, 0.15) is 24.9 Å². The molecule has 3 heterocycles. The molecule has 0 saturated carbocycles. The molecule has 3 rings (SSSR count). The first kappa shape index (κ1) is 11.0. The van der Waals surface area contributed by atoms with E-state index < -0.39 is 0 Å². The van der Waals surface area contributed by atoms with E-state index in [2.05, 4.69) is 22.0 Å². The van der Waals surface area contributed by atoms with Gasteiger partial charge >= 0.3 is 0 Å². The van der Waals surface area contributed by atoms with E-state index in [-0.39, 0.29) is 0 Å². The van der Waals surface area contributed by atoms with Gasteiger partial charge in [0.05, 0.1) is 5.69 Å². The van der Waals surface area contributed by atoms with Gasteiger partial charge in [-0.15, -0.1) is 0 Å². The minimum Gasteiger partial charge on any atom is -0.286 e. The standard InChI is InChI=1S/C13H15N5/c1-3-4-12-14-5-7-17(12)13-11-9-10(2)16-18(11)8-6-15-13/h5-9H,3-4H2,1-2H3. The molecule has 92 valence electrons. The van der Waals surface area contributed by atoms with Crippen LogP contribution in [0.4, 0.5) is 0 Å². The third-order valence-corrected chi connectivity index (χ3v) is 2.91. The summed E-state index contributed by atoms with van der Waals surface area (Å²) in [5.41, 5.74) is 1.99. The van der Waals surface area contributed by atoms with Crippen LogP contribution >= 0.6 is 0 Å². The van der Waals surface area contributed by atoms with E-state index in [1.165, 1.54) is 0 Å². The summed E-state index contributed by atoms with van der Waals surface area (Å²) in [6.07, 6.45) is 9.42. The highest BCUT2D eigenvalue weighted by Gasteiger charge is 2.10. The fourth-order valence-electron chi connectivity index (χ4n) is 2.15. The van der Waals surface area contributed by atoms with Gasteiger partial charge in [-0.1, -0.05) is 6.92 Å². The van der Waals surface area contributed by atoms with Crippen molar-refractivity contribution in [2.24, 2.45) is 0 Å². The molecule has 0 aliphatic carbocycles. The van der Waals surface area contributed by atoms with Gasteiger partial charge in [-0.3, -0.25) is 4.57 Å². The van der Waals surface area contributed by atoms with Crippen LogP contribution in [0.15, 0.2) is 30.9 Å². The second kappa shape index (κ2) is 4.25. The summed E-state index contributed by atoms with van der Waals surface area (Å²) >= 11 is 0. The van der Waals surface area contributed by atoms with Crippen LogP contribution in [0.3, 0.4) is 0 Å². The molecule has 0 unspecified atom stereocenters. The van der Waals surface area contributed by atoms with Gasteiger partial charge in [0.25, 0.3) is 0 Å². The molecule has 3 aromatic rings. The molecular weight excluding hydrogens is 226 g/mol. The third kappa shape index (κ3) is 1.68. The zero-order chi connectivity index (χ0) is 12.5. The number of hydrogen-bond acceptors (Lipinski definition) is 3. The Kier molecular flexibility index (Phi) is 2.59. The number of fused-ring (bicyclic) bond motifs is 1. The second-order valence-electron chi connectivity index (χ2n) is 4.33. The monoisotopic (exact) mass is 241 g/mol. The smallest absolute Gasteiger partial charge is 0.164 e. The van der Waals surface area contributed by atoms with Crippen molar-refractivity contribution in [3.05, 3.63) is 42.4 Å². The molecule has 0 bridgehead atoms. The highest BCUT2D eigenvalue weighted by atomic mass is 15.2. The average Bonchev–Trinajstić information content (AvgIpc) is 2.94. The van der Waals surface area contributed by atoms with Crippen LogP contribution in [0.25, 0.3) is 11.3 Å². The Morgan fingerprint density at radius 2 is 2.00 bits per heavy atom. The topological polar surface area (TPSA) is 48.0 Å². The molecule has 5 heteroatoms. The molecular formula is C13H15N5. The van der Waals surface area contributed by atoms with Gasteiger partial charge in [-0.25, -0.2) is 14.5 Å². The Morgan fingerprint density at radius 3 is 2.83 bits per heavy atom. The first-order valence-electron chi connectivity index (χ1n) is 6.13. The molecule has 0 saturated heterocycles. The minimum absolute atomic E-state index is 0.888. The first-order chi connectivity index (χ1) is 8.79.